The lowest BCUT2D eigenvalue weighted by Gasteiger charge is -2.34. The van der Waals surface area contributed by atoms with Crippen molar-refractivity contribution in [2.75, 3.05) is 5.32 Å². The number of H-pyrrole nitrogens is 1. The highest BCUT2D eigenvalue weighted by Gasteiger charge is 2.42. The molecule has 1 aromatic carbocycles. The molecule has 2 fully saturated rings. The van der Waals surface area contributed by atoms with Crippen LogP contribution in [0.1, 0.15) is 61.7 Å². The van der Waals surface area contributed by atoms with Gasteiger partial charge in [-0.2, -0.15) is 0 Å². The number of fused-ring (bicyclic) bond motifs is 1. The number of rotatable bonds is 7. The zero-order valence-corrected chi connectivity index (χ0v) is 20.1. The minimum absolute atomic E-state index is 0.0165. The molecule has 2 aliphatic rings. The first-order valence-electron chi connectivity index (χ1n) is 12.2. The number of carbonyl (C=O) groups is 2. The van der Waals surface area contributed by atoms with Crippen molar-refractivity contribution < 1.29 is 9.59 Å². The average molecular weight is 494 g/mol. The SMILES string of the molecule is O=C(Nc1ccc(Cl)cn1)C(CC1CCCCC1)N(C(=O)c1ccc2c(=O)[nH]cnc2c1)C1CC1. The largest absolute Gasteiger partial charge is 0.324 e. The van der Waals surface area contributed by atoms with Gasteiger partial charge in [-0.1, -0.05) is 43.7 Å². The molecule has 2 saturated carbocycles. The number of aromatic nitrogens is 3. The van der Waals surface area contributed by atoms with Crippen LogP contribution in [0.5, 0.6) is 0 Å². The second kappa shape index (κ2) is 10.2. The van der Waals surface area contributed by atoms with Crippen LogP contribution in [0, 0.1) is 5.92 Å². The number of nitrogens with one attached hydrogen (secondary N) is 2. The Bertz CT molecular complexity index is 1280. The quantitative estimate of drug-likeness (QED) is 0.501. The Kier molecular flexibility index (Phi) is 6.81. The Hall–Kier alpha value is -3.26. The van der Waals surface area contributed by atoms with E-state index in [9.17, 15) is 14.4 Å². The first-order valence-corrected chi connectivity index (χ1v) is 12.6. The molecule has 1 atom stereocenters. The Labute approximate surface area is 208 Å². The van der Waals surface area contributed by atoms with Gasteiger partial charge in [0.2, 0.25) is 5.91 Å². The summed E-state index contributed by atoms with van der Waals surface area (Å²) in [6, 6.07) is 7.64. The smallest absolute Gasteiger partial charge is 0.258 e. The highest BCUT2D eigenvalue weighted by molar-refractivity contribution is 6.30. The first kappa shape index (κ1) is 23.5. The second-order valence-electron chi connectivity index (χ2n) is 9.51. The van der Waals surface area contributed by atoms with Gasteiger partial charge in [0.15, 0.2) is 0 Å². The highest BCUT2D eigenvalue weighted by Crippen LogP contribution is 2.35. The van der Waals surface area contributed by atoms with Crippen LogP contribution in [0.4, 0.5) is 5.82 Å². The topological polar surface area (TPSA) is 108 Å². The summed E-state index contributed by atoms with van der Waals surface area (Å²) < 4.78 is 0. The van der Waals surface area contributed by atoms with Crippen molar-refractivity contribution in [2.24, 2.45) is 5.92 Å². The van der Waals surface area contributed by atoms with E-state index >= 15 is 0 Å². The van der Waals surface area contributed by atoms with Gasteiger partial charge in [0.05, 0.1) is 22.3 Å². The molecule has 2 N–H and O–H groups in total. The lowest BCUT2D eigenvalue weighted by molar-refractivity contribution is -0.121. The fraction of sp³-hybridized carbons (Fsp3) is 0.423. The maximum Gasteiger partial charge on any atom is 0.258 e. The van der Waals surface area contributed by atoms with Crippen LogP contribution in [0.15, 0.2) is 47.7 Å². The molecule has 182 valence electrons. The summed E-state index contributed by atoms with van der Waals surface area (Å²) in [7, 11) is 0. The van der Waals surface area contributed by atoms with Gasteiger partial charge in [-0.15, -0.1) is 0 Å². The number of amides is 2. The molecule has 2 amide bonds. The van der Waals surface area contributed by atoms with E-state index in [-0.39, 0.29) is 23.4 Å². The lowest BCUT2D eigenvalue weighted by Crippen LogP contribution is -2.49. The number of pyridine rings is 1. The molecule has 2 heterocycles. The van der Waals surface area contributed by atoms with Crippen molar-refractivity contribution in [2.45, 2.75) is 63.5 Å². The van der Waals surface area contributed by atoms with Crippen molar-refractivity contribution in [1.82, 2.24) is 19.9 Å². The van der Waals surface area contributed by atoms with E-state index < -0.39 is 6.04 Å². The Morgan fingerprint density at radius 2 is 1.89 bits per heavy atom. The van der Waals surface area contributed by atoms with Crippen LogP contribution in [0.25, 0.3) is 10.9 Å². The second-order valence-corrected chi connectivity index (χ2v) is 9.95. The monoisotopic (exact) mass is 493 g/mol. The van der Waals surface area contributed by atoms with Crippen LogP contribution >= 0.6 is 11.6 Å². The van der Waals surface area contributed by atoms with Gasteiger partial charge in [0.25, 0.3) is 11.5 Å². The summed E-state index contributed by atoms with van der Waals surface area (Å²) in [6.45, 7) is 0. The van der Waals surface area contributed by atoms with E-state index in [4.69, 9.17) is 11.6 Å². The number of benzene rings is 1. The van der Waals surface area contributed by atoms with E-state index in [1.165, 1.54) is 18.9 Å². The normalized spacial score (nSPS) is 17.2. The van der Waals surface area contributed by atoms with Gasteiger partial charge in [-0.05, 0) is 55.5 Å². The summed E-state index contributed by atoms with van der Waals surface area (Å²) >= 11 is 5.95. The molecule has 8 nitrogen and oxygen atoms in total. The summed E-state index contributed by atoms with van der Waals surface area (Å²) in [6.07, 6.45) is 10.8. The van der Waals surface area contributed by atoms with Crippen LogP contribution < -0.4 is 10.9 Å². The van der Waals surface area contributed by atoms with Crippen LogP contribution in [0.2, 0.25) is 5.02 Å². The van der Waals surface area contributed by atoms with Gasteiger partial charge in [0.1, 0.15) is 11.9 Å². The first-order chi connectivity index (χ1) is 17.0. The molecule has 0 spiro atoms. The zero-order chi connectivity index (χ0) is 24.4. The van der Waals surface area contributed by atoms with Crippen LogP contribution in [-0.2, 0) is 4.79 Å². The Morgan fingerprint density at radius 1 is 1.09 bits per heavy atom. The lowest BCUT2D eigenvalue weighted by atomic mass is 9.84. The number of hydrogen-bond acceptors (Lipinski definition) is 5. The fourth-order valence-electron chi connectivity index (χ4n) is 5.01. The summed E-state index contributed by atoms with van der Waals surface area (Å²) in [4.78, 5) is 52.2. The molecular weight excluding hydrogens is 466 g/mol. The molecule has 5 rings (SSSR count). The average Bonchev–Trinajstić information content (AvgIpc) is 3.71. The molecule has 0 aliphatic heterocycles. The van der Waals surface area contributed by atoms with Gasteiger partial charge in [0, 0.05) is 17.8 Å². The zero-order valence-electron chi connectivity index (χ0n) is 19.4. The van der Waals surface area contributed by atoms with Crippen molar-refractivity contribution in [3.63, 3.8) is 0 Å². The van der Waals surface area contributed by atoms with Crippen LogP contribution in [-0.4, -0.2) is 43.7 Å². The van der Waals surface area contributed by atoms with Gasteiger partial charge in [-0.25, -0.2) is 9.97 Å². The Balaban J connectivity index is 1.46. The summed E-state index contributed by atoms with van der Waals surface area (Å²) in [5.41, 5.74) is 0.626. The third kappa shape index (κ3) is 5.37. The molecule has 0 saturated heterocycles. The van der Waals surface area contributed by atoms with Crippen molar-refractivity contribution >= 4 is 40.1 Å². The van der Waals surface area contributed by atoms with E-state index in [2.05, 4.69) is 20.3 Å². The number of anilines is 1. The summed E-state index contributed by atoms with van der Waals surface area (Å²) in [5.74, 6) is 0.353. The number of hydrogen-bond donors (Lipinski definition) is 2. The van der Waals surface area contributed by atoms with Gasteiger partial charge < -0.3 is 15.2 Å². The third-order valence-corrected chi connectivity index (χ3v) is 7.19. The fourth-order valence-corrected chi connectivity index (χ4v) is 5.12. The summed E-state index contributed by atoms with van der Waals surface area (Å²) in [5, 5.41) is 3.81. The molecule has 0 radical (unpaired) electrons. The van der Waals surface area contributed by atoms with Gasteiger partial charge >= 0.3 is 0 Å². The molecule has 2 aromatic heterocycles. The molecule has 9 heteroatoms. The maximum atomic E-state index is 13.8. The van der Waals surface area contributed by atoms with Crippen molar-refractivity contribution in [3.8, 4) is 0 Å². The van der Waals surface area contributed by atoms with E-state index in [1.54, 1.807) is 35.2 Å². The van der Waals surface area contributed by atoms with Crippen molar-refractivity contribution in [1.29, 1.82) is 0 Å². The Morgan fingerprint density at radius 3 is 2.60 bits per heavy atom. The maximum absolute atomic E-state index is 13.8. The number of aromatic amines is 1. The number of halogens is 1. The predicted molar refractivity (Wildman–Crippen MR) is 134 cm³/mol. The molecule has 35 heavy (non-hydrogen) atoms. The highest BCUT2D eigenvalue weighted by atomic mass is 35.5. The molecule has 3 aromatic rings. The minimum atomic E-state index is -0.613. The van der Waals surface area contributed by atoms with Crippen LogP contribution in [0.3, 0.4) is 0 Å². The standard InChI is InChI=1S/C26H28ClN5O3/c27-18-7-11-23(28-14-18)31-25(34)22(12-16-4-2-1-3-5-16)32(19-8-9-19)26(35)17-6-10-20-21(13-17)29-15-30-24(20)33/h6-7,10-11,13-16,19,22H,1-5,8-9,12H2,(H,28,31,34)(H,29,30,33). The van der Waals surface area contributed by atoms with E-state index in [0.29, 0.717) is 39.6 Å². The number of nitrogens with zero attached hydrogens (tertiary/aromatic N) is 3. The molecule has 0 bridgehead atoms. The van der Waals surface area contributed by atoms with E-state index in [1.807, 2.05) is 0 Å². The number of carbonyl (C=O) groups excluding carboxylic acids is 2. The van der Waals surface area contributed by atoms with Crippen molar-refractivity contribution in [3.05, 3.63) is 63.8 Å². The molecule has 1 unspecified atom stereocenters. The molecule has 2 aliphatic carbocycles. The molecular formula is C26H28ClN5O3. The third-order valence-electron chi connectivity index (χ3n) is 6.96. The predicted octanol–water partition coefficient (Wildman–Crippen LogP) is 4.55. The minimum Gasteiger partial charge on any atom is -0.324 e. The van der Waals surface area contributed by atoms with E-state index in [0.717, 1.165) is 38.5 Å². The van der Waals surface area contributed by atoms with Gasteiger partial charge in [-0.3, -0.25) is 14.4 Å².